The Morgan fingerprint density at radius 1 is 0.542 bits per heavy atom. The van der Waals surface area contributed by atoms with Crippen molar-refractivity contribution >= 4 is 39.7 Å². The van der Waals surface area contributed by atoms with Gasteiger partial charge in [-0.2, -0.15) is 0 Å². The number of hydrogen-bond donors (Lipinski definition) is 0. The Bertz CT molecular complexity index is 252. The van der Waals surface area contributed by atoms with Crippen LogP contribution in [0.4, 0.5) is 0 Å². The van der Waals surface area contributed by atoms with E-state index in [9.17, 15) is 0 Å². The van der Waals surface area contributed by atoms with Gasteiger partial charge in [-0.1, -0.05) is 21.6 Å². The van der Waals surface area contributed by atoms with Gasteiger partial charge in [0.25, 0.3) is 0 Å². The van der Waals surface area contributed by atoms with Crippen LogP contribution in [0.2, 0.25) is 0 Å². The van der Waals surface area contributed by atoms with E-state index in [2.05, 4.69) is 0 Å². The zero-order valence-electron chi connectivity index (χ0n) is 15.3. The lowest BCUT2D eigenvalue weighted by molar-refractivity contribution is 0.00555. The van der Waals surface area contributed by atoms with Gasteiger partial charge in [0.05, 0.1) is 0 Å². The van der Waals surface area contributed by atoms with Crippen molar-refractivity contribution in [1.82, 2.24) is 0 Å². The molecule has 8 nitrogen and oxygen atoms in total. The molecule has 24 heavy (non-hydrogen) atoms. The van der Waals surface area contributed by atoms with Crippen LogP contribution in [0.3, 0.4) is 0 Å². The molecular formula is C12H30O8S2Si2. The van der Waals surface area contributed by atoms with Crippen molar-refractivity contribution in [2.24, 2.45) is 0 Å². The quantitative estimate of drug-likeness (QED) is 0.197. The first-order chi connectivity index (χ1) is 11.6. The molecule has 0 aliphatic carbocycles. The highest BCUT2D eigenvalue weighted by molar-refractivity contribution is 8.76. The molecule has 0 aromatic carbocycles. The molecule has 0 aliphatic heterocycles. The molecule has 0 spiro atoms. The average Bonchev–Trinajstić information content (AvgIpc) is 2.64. The van der Waals surface area contributed by atoms with Crippen molar-refractivity contribution in [2.75, 3.05) is 67.4 Å². The predicted octanol–water partition coefficient (Wildman–Crippen LogP) is 1.93. The van der Waals surface area contributed by atoms with Crippen molar-refractivity contribution < 1.29 is 35.4 Å². The zero-order valence-corrected chi connectivity index (χ0v) is 19.0. The van der Waals surface area contributed by atoms with E-state index in [0.29, 0.717) is 13.2 Å². The fraction of sp³-hybridized carbons (Fsp3) is 1.00. The van der Waals surface area contributed by atoms with Gasteiger partial charge in [0.1, 0.15) is 0 Å². The summed E-state index contributed by atoms with van der Waals surface area (Å²) in [5, 5.41) is 0. The molecule has 0 saturated carbocycles. The Morgan fingerprint density at radius 3 is 1.08 bits per heavy atom. The Balaban J connectivity index is 3.58. The molecule has 146 valence electrons. The third-order valence-corrected chi connectivity index (χ3v) is 9.58. The van der Waals surface area contributed by atoms with Crippen LogP contribution in [-0.2, 0) is 35.4 Å². The summed E-state index contributed by atoms with van der Waals surface area (Å²) >= 11 is 0. The highest BCUT2D eigenvalue weighted by Crippen LogP contribution is 2.23. The second kappa shape index (κ2) is 14.9. The van der Waals surface area contributed by atoms with E-state index in [1.165, 1.54) is 42.7 Å². The maximum atomic E-state index is 5.59. The molecule has 0 atom stereocenters. The van der Waals surface area contributed by atoms with Gasteiger partial charge in [-0.15, -0.1) is 0 Å². The fourth-order valence-corrected chi connectivity index (χ4v) is 6.22. The predicted molar refractivity (Wildman–Crippen MR) is 99.6 cm³/mol. The van der Waals surface area contributed by atoms with Crippen LogP contribution < -0.4 is 0 Å². The summed E-state index contributed by atoms with van der Waals surface area (Å²) in [5.41, 5.74) is 0. The molecule has 0 aliphatic rings. The van der Waals surface area contributed by atoms with Crippen LogP contribution >= 0.6 is 21.6 Å². The molecule has 0 rings (SSSR count). The monoisotopic (exact) mass is 422 g/mol. The highest BCUT2D eigenvalue weighted by Gasteiger charge is 2.42. The molecule has 0 bridgehead atoms. The molecule has 0 aromatic heterocycles. The highest BCUT2D eigenvalue weighted by atomic mass is 33.1. The second-order valence-electron chi connectivity index (χ2n) is 4.27. The standard InChI is InChI=1S/C12H30O8S2Si2/c1-13-23(14-2,15-3)19-9-7-11-21-22-12-8-10-20-24(16-4,17-5)18-6/h7-12H2,1-6H3. The van der Waals surface area contributed by atoms with E-state index in [-0.39, 0.29) is 0 Å². The normalized spacial score (nSPS) is 12.8. The first kappa shape index (κ1) is 24.8. The van der Waals surface area contributed by atoms with Gasteiger partial charge in [0, 0.05) is 67.4 Å². The molecule has 0 heterocycles. The second-order valence-corrected chi connectivity index (χ2v) is 12.0. The summed E-state index contributed by atoms with van der Waals surface area (Å²) in [6, 6.07) is 0. The van der Waals surface area contributed by atoms with Crippen molar-refractivity contribution in [3.05, 3.63) is 0 Å². The molecule has 0 aromatic rings. The van der Waals surface area contributed by atoms with Crippen LogP contribution in [0.1, 0.15) is 12.8 Å². The Kier molecular flexibility index (Phi) is 15.4. The average molecular weight is 423 g/mol. The third-order valence-electron chi connectivity index (χ3n) is 2.89. The lowest BCUT2D eigenvalue weighted by Crippen LogP contribution is -2.46. The molecule has 0 amide bonds. The lowest BCUT2D eigenvalue weighted by Gasteiger charge is -2.22. The minimum atomic E-state index is -2.90. The van der Waals surface area contributed by atoms with Gasteiger partial charge in [0.2, 0.25) is 0 Å². The van der Waals surface area contributed by atoms with Gasteiger partial charge in [-0.25, -0.2) is 0 Å². The summed E-state index contributed by atoms with van der Waals surface area (Å²) in [6.45, 7) is 1.09. The van der Waals surface area contributed by atoms with Crippen LogP contribution in [0.25, 0.3) is 0 Å². The molecule has 0 saturated heterocycles. The Morgan fingerprint density at radius 2 is 0.833 bits per heavy atom. The third kappa shape index (κ3) is 9.49. The van der Waals surface area contributed by atoms with Crippen molar-refractivity contribution in [3.8, 4) is 0 Å². The van der Waals surface area contributed by atoms with Gasteiger partial charge in [-0.05, 0) is 12.8 Å². The van der Waals surface area contributed by atoms with Crippen molar-refractivity contribution in [3.63, 3.8) is 0 Å². The maximum absolute atomic E-state index is 5.59. The molecule has 0 unspecified atom stereocenters. The molecule has 0 radical (unpaired) electrons. The fourth-order valence-electron chi connectivity index (χ4n) is 1.60. The molecule has 12 heteroatoms. The Labute approximate surface area is 155 Å². The first-order valence-corrected chi connectivity index (χ1v) is 13.2. The van der Waals surface area contributed by atoms with E-state index >= 15 is 0 Å². The number of hydrogen-bond acceptors (Lipinski definition) is 10. The summed E-state index contributed by atoms with van der Waals surface area (Å²) in [4.78, 5) is 0. The van der Waals surface area contributed by atoms with Crippen molar-refractivity contribution in [1.29, 1.82) is 0 Å². The minimum absolute atomic E-state index is 0.544. The van der Waals surface area contributed by atoms with Crippen LogP contribution in [-0.4, -0.2) is 85.5 Å². The SMILES string of the molecule is CO[Si](OC)(OC)OCCCSSCCCO[Si](OC)(OC)OC. The lowest BCUT2D eigenvalue weighted by atomic mass is 10.5. The van der Waals surface area contributed by atoms with Crippen LogP contribution in [0.15, 0.2) is 0 Å². The zero-order chi connectivity index (χ0) is 18.3. The van der Waals surface area contributed by atoms with Gasteiger partial charge >= 0.3 is 18.1 Å². The Hall–Kier alpha value is 0.814. The topological polar surface area (TPSA) is 73.8 Å². The summed E-state index contributed by atoms with van der Waals surface area (Å²) in [5.74, 6) is 1.94. The molecule has 0 fully saturated rings. The van der Waals surface area contributed by atoms with E-state index in [1.807, 2.05) is 0 Å². The van der Waals surface area contributed by atoms with Crippen LogP contribution in [0.5, 0.6) is 0 Å². The minimum Gasteiger partial charge on any atom is -0.355 e. The van der Waals surface area contributed by atoms with Gasteiger partial charge in [-0.3, -0.25) is 0 Å². The van der Waals surface area contributed by atoms with E-state index in [1.54, 1.807) is 21.6 Å². The first-order valence-electron chi connectivity index (χ1n) is 7.40. The molecule has 0 N–H and O–H groups in total. The van der Waals surface area contributed by atoms with Gasteiger partial charge < -0.3 is 35.4 Å². The van der Waals surface area contributed by atoms with E-state index < -0.39 is 18.1 Å². The summed E-state index contributed by atoms with van der Waals surface area (Å²) < 4.78 is 42.3. The van der Waals surface area contributed by atoms with E-state index in [4.69, 9.17) is 35.4 Å². The van der Waals surface area contributed by atoms with E-state index in [0.717, 1.165) is 24.3 Å². The maximum Gasteiger partial charge on any atom is 0.678 e. The van der Waals surface area contributed by atoms with Crippen LogP contribution in [0, 0.1) is 0 Å². The number of rotatable bonds is 17. The van der Waals surface area contributed by atoms with Gasteiger partial charge in [0.15, 0.2) is 0 Å². The summed E-state index contributed by atoms with van der Waals surface area (Å²) in [7, 11) is 6.96. The smallest absolute Gasteiger partial charge is 0.355 e. The largest absolute Gasteiger partial charge is 0.678 e. The van der Waals surface area contributed by atoms with Crippen molar-refractivity contribution in [2.45, 2.75) is 12.8 Å². The summed E-state index contributed by atoms with van der Waals surface area (Å²) in [6.07, 6.45) is 1.79. The molecular weight excluding hydrogens is 392 g/mol.